The van der Waals surface area contributed by atoms with Gasteiger partial charge >= 0.3 is 0 Å². The molecule has 0 aliphatic carbocycles. The van der Waals surface area contributed by atoms with Gasteiger partial charge < -0.3 is 10.1 Å². The molecule has 142 valence electrons. The van der Waals surface area contributed by atoms with Crippen molar-refractivity contribution in [1.29, 1.82) is 0 Å². The number of Topliss-reactive ketones (excluding diaryl/α,β-unsaturated/α-hetero) is 1. The zero-order chi connectivity index (χ0) is 18.9. The molecule has 6 nitrogen and oxygen atoms in total. The van der Waals surface area contributed by atoms with E-state index in [9.17, 15) is 9.59 Å². The summed E-state index contributed by atoms with van der Waals surface area (Å²) in [5.41, 5.74) is 1.71. The molecule has 1 aromatic carbocycles. The predicted molar refractivity (Wildman–Crippen MR) is 102 cm³/mol. The molecule has 0 spiro atoms. The minimum Gasteiger partial charge on any atom is -0.379 e. The lowest BCUT2D eigenvalue weighted by Gasteiger charge is -2.34. The highest BCUT2D eigenvalue weighted by Crippen LogP contribution is 2.20. The number of ether oxygens (including phenoxy) is 1. The van der Waals surface area contributed by atoms with Crippen LogP contribution in [0.4, 0.5) is 0 Å². The first kappa shape index (κ1) is 19.2. The maximum atomic E-state index is 12.3. The summed E-state index contributed by atoms with van der Waals surface area (Å²) in [4.78, 5) is 30.9. The Bertz CT molecular complexity index is 731. The predicted octanol–water partition coefficient (Wildman–Crippen LogP) is 2.23. The fourth-order valence-electron chi connectivity index (χ4n) is 3.21. The minimum atomic E-state index is -0.110. The Morgan fingerprint density at radius 2 is 1.85 bits per heavy atom. The van der Waals surface area contributed by atoms with E-state index in [1.165, 1.54) is 0 Å². The highest BCUT2D eigenvalue weighted by molar-refractivity contribution is 5.97. The number of benzene rings is 1. The van der Waals surface area contributed by atoms with Crippen LogP contribution >= 0.6 is 0 Å². The number of morpholine rings is 1. The molecule has 6 heteroatoms. The van der Waals surface area contributed by atoms with Crippen LogP contribution in [0.2, 0.25) is 0 Å². The number of pyridine rings is 1. The summed E-state index contributed by atoms with van der Waals surface area (Å²) in [6, 6.07) is 13.1. The van der Waals surface area contributed by atoms with Gasteiger partial charge in [-0.3, -0.25) is 19.5 Å². The molecule has 1 aliphatic rings. The van der Waals surface area contributed by atoms with Crippen molar-refractivity contribution < 1.29 is 14.3 Å². The standard InChI is InChI=1S/C21H25N3O3/c25-20(17-5-2-1-3-6-17)8-9-21(26)23-16-19(18-7-4-10-22-15-18)24-11-13-27-14-12-24/h1-7,10,15,19H,8-9,11-14,16H2,(H,23,26)/t19-/m0/s1. The van der Waals surface area contributed by atoms with Gasteiger partial charge in [-0.25, -0.2) is 0 Å². The van der Waals surface area contributed by atoms with Crippen molar-refractivity contribution in [3.63, 3.8) is 0 Å². The van der Waals surface area contributed by atoms with Gasteiger partial charge in [0.2, 0.25) is 5.91 Å². The van der Waals surface area contributed by atoms with Gasteiger partial charge in [-0.1, -0.05) is 36.4 Å². The van der Waals surface area contributed by atoms with Crippen LogP contribution in [0.1, 0.15) is 34.8 Å². The Morgan fingerprint density at radius 1 is 1.07 bits per heavy atom. The van der Waals surface area contributed by atoms with Crippen molar-refractivity contribution in [2.24, 2.45) is 0 Å². The topological polar surface area (TPSA) is 71.5 Å². The van der Waals surface area contributed by atoms with Gasteiger partial charge in [-0.05, 0) is 11.6 Å². The second kappa shape index (κ2) is 9.94. The molecule has 0 radical (unpaired) electrons. The summed E-state index contributed by atoms with van der Waals surface area (Å²) < 4.78 is 5.44. The molecule has 1 amide bonds. The van der Waals surface area contributed by atoms with Crippen LogP contribution in [0.25, 0.3) is 0 Å². The summed E-state index contributed by atoms with van der Waals surface area (Å²) in [5, 5.41) is 2.98. The van der Waals surface area contributed by atoms with Crippen molar-refractivity contribution in [1.82, 2.24) is 15.2 Å². The molecule has 0 bridgehead atoms. The van der Waals surface area contributed by atoms with E-state index >= 15 is 0 Å². The number of hydrogen-bond acceptors (Lipinski definition) is 5. The van der Waals surface area contributed by atoms with Crippen LogP contribution in [-0.2, 0) is 9.53 Å². The highest BCUT2D eigenvalue weighted by Gasteiger charge is 2.23. The van der Waals surface area contributed by atoms with Crippen LogP contribution < -0.4 is 5.32 Å². The van der Waals surface area contributed by atoms with E-state index in [1.807, 2.05) is 36.5 Å². The molecular weight excluding hydrogens is 342 g/mol. The molecular formula is C21H25N3O3. The second-order valence-corrected chi connectivity index (χ2v) is 6.54. The van der Waals surface area contributed by atoms with Crippen LogP contribution in [0, 0.1) is 0 Å². The third-order valence-corrected chi connectivity index (χ3v) is 4.72. The molecule has 1 fully saturated rings. The fourth-order valence-corrected chi connectivity index (χ4v) is 3.21. The van der Waals surface area contributed by atoms with Crippen LogP contribution in [0.15, 0.2) is 54.9 Å². The summed E-state index contributed by atoms with van der Waals surface area (Å²) >= 11 is 0. The van der Waals surface area contributed by atoms with Crippen molar-refractivity contribution in [2.45, 2.75) is 18.9 Å². The first-order valence-electron chi connectivity index (χ1n) is 9.30. The van der Waals surface area contributed by atoms with E-state index < -0.39 is 0 Å². The number of nitrogens with one attached hydrogen (secondary N) is 1. The normalized spacial score (nSPS) is 15.9. The van der Waals surface area contributed by atoms with E-state index in [4.69, 9.17) is 4.74 Å². The molecule has 2 heterocycles. The van der Waals surface area contributed by atoms with Crippen LogP contribution in [-0.4, -0.2) is 54.4 Å². The third kappa shape index (κ3) is 5.70. The number of carbonyl (C=O) groups excluding carboxylic acids is 2. The lowest BCUT2D eigenvalue weighted by Crippen LogP contribution is -2.43. The number of carbonyl (C=O) groups is 2. The zero-order valence-corrected chi connectivity index (χ0v) is 15.3. The summed E-state index contributed by atoms with van der Waals surface area (Å²) in [6.45, 7) is 3.51. The quantitative estimate of drug-likeness (QED) is 0.725. The van der Waals surface area contributed by atoms with Crippen molar-refractivity contribution in [3.05, 3.63) is 66.0 Å². The zero-order valence-electron chi connectivity index (χ0n) is 15.3. The fraction of sp³-hybridized carbons (Fsp3) is 0.381. The molecule has 1 aromatic heterocycles. The smallest absolute Gasteiger partial charge is 0.220 e. The molecule has 1 saturated heterocycles. The number of nitrogens with zero attached hydrogens (tertiary/aromatic N) is 2. The maximum absolute atomic E-state index is 12.3. The maximum Gasteiger partial charge on any atom is 0.220 e. The van der Waals surface area contributed by atoms with Crippen molar-refractivity contribution in [3.8, 4) is 0 Å². The van der Waals surface area contributed by atoms with Gasteiger partial charge in [-0.15, -0.1) is 0 Å². The summed E-state index contributed by atoms with van der Waals surface area (Å²) in [6.07, 6.45) is 3.99. The molecule has 1 atom stereocenters. The Kier molecular flexibility index (Phi) is 7.07. The van der Waals surface area contributed by atoms with E-state index in [0.717, 1.165) is 18.7 Å². The van der Waals surface area contributed by atoms with Gasteiger partial charge in [0.05, 0.1) is 19.3 Å². The first-order chi connectivity index (χ1) is 13.2. The molecule has 0 unspecified atom stereocenters. The van der Waals surface area contributed by atoms with E-state index in [0.29, 0.717) is 25.3 Å². The van der Waals surface area contributed by atoms with Gasteiger partial charge in [0.25, 0.3) is 0 Å². The number of amides is 1. The Labute approximate surface area is 159 Å². The lowest BCUT2D eigenvalue weighted by molar-refractivity contribution is -0.121. The highest BCUT2D eigenvalue weighted by atomic mass is 16.5. The Balaban J connectivity index is 1.53. The van der Waals surface area contributed by atoms with Crippen molar-refractivity contribution >= 4 is 11.7 Å². The van der Waals surface area contributed by atoms with Crippen molar-refractivity contribution in [2.75, 3.05) is 32.8 Å². The Morgan fingerprint density at radius 3 is 2.56 bits per heavy atom. The van der Waals surface area contributed by atoms with Crippen LogP contribution in [0.5, 0.6) is 0 Å². The molecule has 2 aromatic rings. The number of hydrogen-bond donors (Lipinski definition) is 1. The van der Waals surface area contributed by atoms with Gasteiger partial charge in [-0.2, -0.15) is 0 Å². The van der Waals surface area contributed by atoms with E-state index in [-0.39, 0.29) is 30.6 Å². The summed E-state index contributed by atoms with van der Waals surface area (Å²) in [7, 11) is 0. The lowest BCUT2D eigenvalue weighted by atomic mass is 10.1. The monoisotopic (exact) mass is 367 g/mol. The SMILES string of the molecule is O=C(CCC(=O)c1ccccc1)NC[C@@H](c1cccnc1)N1CCOCC1. The molecule has 1 N–H and O–H groups in total. The number of aromatic nitrogens is 1. The summed E-state index contributed by atoms with van der Waals surface area (Å²) in [5.74, 6) is -0.121. The number of ketones is 1. The molecule has 1 aliphatic heterocycles. The van der Waals surface area contributed by atoms with E-state index in [1.54, 1.807) is 18.3 Å². The first-order valence-corrected chi connectivity index (χ1v) is 9.30. The number of rotatable bonds is 8. The average molecular weight is 367 g/mol. The van der Waals surface area contributed by atoms with Gasteiger partial charge in [0.1, 0.15) is 0 Å². The van der Waals surface area contributed by atoms with Gasteiger partial charge in [0, 0.05) is 50.4 Å². The van der Waals surface area contributed by atoms with Crippen LogP contribution in [0.3, 0.4) is 0 Å². The largest absolute Gasteiger partial charge is 0.379 e. The molecule has 0 saturated carbocycles. The third-order valence-electron chi connectivity index (χ3n) is 4.72. The minimum absolute atomic E-state index is 0.0114. The second-order valence-electron chi connectivity index (χ2n) is 6.54. The Hall–Kier alpha value is -2.57. The van der Waals surface area contributed by atoms with E-state index in [2.05, 4.69) is 15.2 Å². The molecule has 27 heavy (non-hydrogen) atoms. The van der Waals surface area contributed by atoms with Gasteiger partial charge in [0.15, 0.2) is 5.78 Å². The average Bonchev–Trinajstić information content (AvgIpc) is 2.74. The molecule has 3 rings (SSSR count).